The van der Waals surface area contributed by atoms with E-state index in [9.17, 15) is 9.59 Å². The molecule has 1 aromatic rings. The summed E-state index contributed by atoms with van der Waals surface area (Å²) in [5, 5.41) is 13.7. The number of carbonyl (C=O) groups is 2. The number of nitrogens with one attached hydrogen (secondary N) is 2. The minimum absolute atomic E-state index is 0.0837. The first kappa shape index (κ1) is 13.0. The average molecular weight is 237 g/mol. The molecule has 0 bridgehead atoms. The number of aliphatic carboxylic acids is 1. The van der Waals surface area contributed by atoms with Crippen LogP contribution in [0.5, 0.6) is 0 Å². The van der Waals surface area contributed by atoms with Crippen LogP contribution < -0.4 is 10.6 Å². The first-order chi connectivity index (χ1) is 7.99. The van der Waals surface area contributed by atoms with Crippen molar-refractivity contribution in [3.05, 3.63) is 24.0 Å². The van der Waals surface area contributed by atoms with Gasteiger partial charge in [0.25, 0.3) is 0 Å². The smallest absolute Gasteiger partial charge is 0.319 e. The molecule has 0 aromatic carbocycles. The molecule has 6 nitrogen and oxygen atoms in total. The molecule has 1 unspecified atom stereocenters. The predicted octanol–water partition coefficient (Wildman–Crippen LogP) is 1.23. The molecule has 0 saturated heterocycles. The number of hydrogen-bond acceptors (Lipinski definition) is 3. The number of carboxylic acids is 1. The third-order valence-electron chi connectivity index (χ3n) is 2.12. The minimum Gasteiger partial charge on any atom is -0.481 e. The van der Waals surface area contributed by atoms with Gasteiger partial charge in [0, 0.05) is 12.7 Å². The van der Waals surface area contributed by atoms with E-state index in [4.69, 9.17) is 5.11 Å². The van der Waals surface area contributed by atoms with Crippen molar-refractivity contribution in [1.29, 1.82) is 0 Å². The molecule has 0 saturated carbocycles. The van der Waals surface area contributed by atoms with Gasteiger partial charge in [0.1, 0.15) is 0 Å². The van der Waals surface area contributed by atoms with E-state index in [0.717, 1.165) is 5.56 Å². The maximum absolute atomic E-state index is 11.4. The van der Waals surface area contributed by atoms with Crippen LogP contribution in [-0.2, 0) is 4.79 Å². The summed E-state index contributed by atoms with van der Waals surface area (Å²) in [4.78, 5) is 25.9. The lowest BCUT2D eigenvalue weighted by atomic mass is 10.2. The molecule has 0 aliphatic heterocycles. The van der Waals surface area contributed by atoms with Gasteiger partial charge < -0.3 is 15.7 Å². The first-order valence-corrected chi connectivity index (χ1v) is 5.18. The number of rotatable bonds is 4. The molecule has 1 atom stereocenters. The number of hydrogen-bond donors (Lipinski definition) is 3. The van der Waals surface area contributed by atoms with E-state index in [1.807, 2.05) is 6.92 Å². The molecule has 2 amide bonds. The van der Waals surface area contributed by atoms with Crippen molar-refractivity contribution in [3.8, 4) is 0 Å². The highest BCUT2D eigenvalue weighted by molar-refractivity contribution is 5.89. The number of nitrogens with zero attached hydrogens (tertiary/aromatic N) is 1. The Labute approximate surface area is 99.1 Å². The van der Waals surface area contributed by atoms with E-state index < -0.39 is 17.9 Å². The monoisotopic (exact) mass is 237 g/mol. The summed E-state index contributed by atoms with van der Waals surface area (Å²) in [5.41, 5.74) is 1.51. The molecule has 1 rings (SSSR count). The highest BCUT2D eigenvalue weighted by Gasteiger charge is 2.11. The second kappa shape index (κ2) is 5.83. The Morgan fingerprint density at radius 1 is 1.47 bits per heavy atom. The lowest BCUT2D eigenvalue weighted by molar-refractivity contribution is -0.140. The molecule has 0 radical (unpaired) electrons. The third-order valence-corrected chi connectivity index (χ3v) is 2.12. The number of carbonyl (C=O) groups excluding carboxylic acids is 1. The van der Waals surface area contributed by atoms with Crippen LogP contribution in [0.3, 0.4) is 0 Å². The molecule has 0 fully saturated rings. The Balaban J connectivity index is 2.42. The van der Waals surface area contributed by atoms with Gasteiger partial charge in [-0.3, -0.25) is 9.78 Å². The SMILES string of the molecule is Cc1cncc(NC(=O)NCC(C)C(=O)O)c1. The summed E-state index contributed by atoms with van der Waals surface area (Å²) in [6.45, 7) is 3.47. The summed E-state index contributed by atoms with van der Waals surface area (Å²) < 4.78 is 0. The van der Waals surface area contributed by atoms with Crippen molar-refractivity contribution in [2.24, 2.45) is 5.92 Å². The Kier molecular flexibility index (Phi) is 4.45. The van der Waals surface area contributed by atoms with Crippen LogP contribution in [0, 0.1) is 12.8 Å². The van der Waals surface area contributed by atoms with Crippen LogP contribution in [0.15, 0.2) is 18.5 Å². The van der Waals surface area contributed by atoms with Crippen LogP contribution in [0.2, 0.25) is 0 Å². The second-order valence-corrected chi connectivity index (χ2v) is 3.83. The van der Waals surface area contributed by atoms with Crippen molar-refractivity contribution in [2.45, 2.75) is 13.8 Å². The summed E-state index contributed by atoms with van der Waals surface area (Å²) in [6.07, 6.45) is 3.20. The van der Waals surface area contributed by atoms with Crippen LogP contribution in [0.25, 0.3) is 0 Å². The predicted molar refractivity (Wildman–Crippen MR) is 62.8 cm³/mol. The summed E-state index contributed by atoms with van der Waals surface area (Å²) in [6, 6.07) is 1.33. The van der Waals surface area contributed by atoms with Crippen molar-refractivity contribution >= 4 is 17.7 Å². The van der Waals surface area contributed by atoms with E-state index in [2.05, 4.69) is 15.6 Å². The maximum Gasteiger partial charge on any atom is 0.319 e. The highest BCUT2D eigenvalue weighted by atomic mass is 16.4. The van der Waals surface area contributed by atoms with Crippen LogP contribution in [-0.4, -0.2) is 28.6 Å². The molecule has 92 valence electrons. The standard InChI is InChI=1S/C11H15N3O3/c1-7-3-9(6-12-4-7)14-11(17)13-5-8(2)10(15)16/h3-4,6,8H,5H2,1-2H3,(H,15,16)(H2,13,14,17). The zero-order valence-corrected chi connectivity index (χ0v) is 9.73. The second-order valence-electron chi connectivity index (χ2n) is 3.83. The van der Waals surface area contributed by atoms with E-state index in [0.29, 0.717) is 5.69 Å². The number of carboxylic acid groups (broad SMARTS) is 1. The third kappa shape index (κ3) is 4.50. The van der Waals surface area contributed by atoms with Crippen molar-refractivity contribution < 1.29 is 14.7 Å². The molecule has 0 aliphatic carbocycles. The molecule has 1 aromatic heterocycles. The quantitative estimate of drug-likeness (QED) is 0.734. The normalized spacial score (nSPS) is 11.6. The Morgan fingerprint density at radius 2 is 2.18 bits per heavy atom. The Hall–Kier alpha value is -2.11. The van der Waals surface area contributed by atoms with Gasteiger partial charge in [-0.1, -0.05) is 6.92 Å². The average Bonchev–Trinajstić information content (AvgIpc) is 2.25. The Morgan fingerprint density at radius 3 is 2.76 bits per heavy atom. The van der Waals surface area contributed by atoms with Gasteiger partial charge in [-0.05, 0) is 18.6 Å². The number of anilines is 1. The highest BCUT2D eigenvalue weighted by Crippen LogP contribution is 2.06. The number of aromatic nitrogens is 1. The summed E-state index contributed by atoms with van der Waals surface area (Å²) in [7, 11) is 0. The van der Waals surface area contributed by atoms with Crippen LogP contribution in [0.1, 0.15) is 12.5 Å². The van der Waals surface area contributed by atoms with Gasteiger partial charge in [-0.2, -0.15) is 0 Å². The number of urea groups is 1. The zero-order chi connectivity index (χ0) is 12.8. The molecule has 1 heterocycles. The largest absolute Gasteiger partial charge is 0.481 e. The van der Waals surface area contributed by atoms with Gasteiger partial charge in [-0.15, -0.1) is 0 Å². The molecular formula is C11H15N3O3. The van der Waals surface area contributed by atoms with E-state index in [-0.39, 0.29) is 6.54 Å². The molecule has 0 spiro atoms. The lowest BCUT2D eigenvalue weighted by Crippen LogP contribution is -2.34. The maximum atomic E-state index is 11.4. The number of pyridine rings is 1. The van der Waals surface area contributed by atoms with Crippen molar-refractivity contribution in [1.82, 2.24) is 10.3 Å². The van der Waals surface area contributed by atoms with Gasteiger partial charge in [0.2, 0.25) is 0 Å². The van der Waals surface area contributed by atoms with Crippen molar-refractivity contribution in [3.63, 3.8) is 0 Å². The van der Waals surface area contributed by atoms with Gasteiger partial charge >= 0.3 is 12.0 Å². The van der Waals surface area contributed by atoms with Gasteiger partial charge in [-0.25, -0.2) is 4.79 Å². The molecule has 6 heteroatoms. The number of aryl methyl sites for hydroxylation is 1. The summed E-state index contributed by atoms with van der Waals surface area (Å²) in [5.74, 6) is -1.56. The molecule has 3 N–H and O–H groups in total. The van der Waals surface area contributed by atoms with E-state index >= 15 is 0 Å². The topological polar surface area (TPSA) is 91.3 Å². The molecule has 0 aliphatic rings. The fourth-order valence-corrected chi connectivity index (χ4v) is 1.13. The molecular weight excluding hydrogens is 222 g/mol. The van der Waals surface area contributed by atoms with Crippen LogP contribution in [0.4, 0.5) is 10.5 Å². The van der Waals surface area contributed by atoms with Gasteiger partial charge in [0.05, 0.1) is 17.8 Å². The van der Waals surface area contributed by atoms with Crippen LogP contribution >= 0.6 is 0 Å². The molecule has 17 heavy (non-hydrogen) atoms. The fourth-order valence-electron chi connectivity index (χ4n) is 1.13. The summed E-state index contributed by atoms with van der Waals surface area (Å²) >= 11 is 0. The zero-order valence-electron chi connectivity index (χ0n) is 9.73. The fraction of sp³-hybridized carbons (Fsp3) is 0.364. The lowest BCUT2D eigenvalue weighted by Gasteiger charge is -2.09. The van der Waals surface area contributed by atoms with E-state index in [1.165, 1.54) is 13.1 Å². The van der Waals surface area contributed by atoms with Crippen molar-refractivity contribution in [2.75, 3.05) is 11.9 Å². The van der Waals surface area contributed by atoms with Gasteiger partial charge in [0.15, 0.2) is 0 Å². The Bertz CT molecular complexity index is 420. The van der Waals surface area contributed by atoms with E-state index in [1.54, 1.807) is 12.3 Å². The minimum atomic E-state index is -0.942. The number of amides is 2. The first-order valence-electron chi connectivity index (χ1n) is 5.18.